The van der Waals surface area contributed by atoms with E-state index >= 15 is 0 Å². The van der Waals surface area contributed by atoms with Crippen LogP contribution in [0.4, 0.5) is 0 Å². The van der Waals surface area contributed by atoms with Gasteiger partial charge in [0.2, 0.25) is 0 Å². The smallest absolute Gasteiger partial charge is 0.319 e. The highest BCUT2D eigenvalue weighted by Gasteiger charge is 2.24. The van der Waals surface area contributed by atoms with E-state index in [0.29, 0.717) is 0 Å². The number of ether oxygens (including phenoxy) is 1. The molecule has 1 aliphatic rings. The van der Waals surface area contributed by atoms with E-state index < -0.39 is 0 Å². The van der Waals surface area contributed by atoms with Gasteiger partial charge in [-0.1, -0.05) is 24.3 Å². The third-order valence-corrected chi connectivity index (χ3v) is 3.12. The van der Waals surface area contributed by atoms with Gasteiger partial charge in [-0.15, -0.1) is 0 Å². The molecule has 1 aromatic rings. The molecular formula is C13H16O2S. The lowest BCUT2D eigenvalue weighted by Crippen LogP contribution is -2.21. The lowest BCUT2D eigenvalue weighted by molar-refractivity contribution is -0.149. The summed E-state index contributed by atoms with van der Waals surface area (Å²) < 4.78 is 5.46. The minimum Gasteiger partial charge on any atom is -0.457 e. The molecular weight excluding hydrogens is 220 g/mol. The summed E-state index contributed by atoms with van der Waals surface area (Å²) in [6.45, 7) is 1.74. The topological polar surface area (TPSA) is 26.3 Å². The largest absolute Gasteiger partial charge is 0.457 e. The number of carbonyl (C=O) groups excluding carboxylic acids is 1. The second-order valence-electron chi connectivity index (χ2n) is 4.19. The fourth-order valence-corrected chi connectivity index (χ4v) is 2.13. The van der Waals surface area contributed by atoms with Crippen molar-refractivity contribution in [3.05, 3.63) is 35.4 Å². The van der Waals surface area contributed by atoms with Gasteiger partial charge in [-0.05, 0) is 37.3 Å². The normalized spacial score (nSPS) is 21.0. The Bertz CT molecular complexity index is 387. The van der Waals surface area contributed by atoms with Crippen LogP contribution in [0.3, 0.4) is 0 Å². The zero-order valence-corrected chi connectivity index (χ0v) is 10.2. The lowest BCUT2D eigenvalue weighted by atomic mass is 9.89. The van der Waals surface area contributed by atoms with Crippen LogP contribution in [0.15, 0.2) is 24.3 Å². The number of rotatable bonds is 2. The van der Waals surface area contributed by atoms with E-state index in [0.717, 1.165) is 24.8 Å². The van der Waals surface area contributed by atoms with Gasteiger partial charge < -0.3 is 4.74 Å². The molecule has 0 N–H and O–H groups in total. The zero-order chi connectivity index (χ0) is 11.5. The molecule has 16 heavy (non-hydrogen) atoms. The van der Waals surface area contributed by atoms with Gasteiger partial charge in [0.15, 0.2) is 0 Å². The van der Waals surface area contributed by atoms with E-state index in [1.54, 1.807) is 6.92 Å². The molecule has 0 aromatic heterocycles. The second kappa shape index (κ2) is 4.91. The molecule has 0 saturated carbocycles. The first-order valence-corrected chi connectivity index (χ1v) is 6.16. The van der Waals surface area contributed by atoms with E-state index in [9.17, 15) is 4.79 Å². The molecule has 1 aliphatic carbocycles. The van der Waals surface area contributed by atoms with Gasteiger partial charge in [-0.2, -0.15) is 12.6 Å². The summed E-state index contributed by atoms with van der Waals surface area (Å²) in [6.07, 6.45) is 3.01. The molecule has 0 bridgehead atoms. The summed E-state index contributed by atoms with van der Waals surface area (Å²) in [4.78, 5) is 11.5. The summed E-state index contributed by atoms with van der Waals surface area (Å²) in [5.41, 5.74) is 2.47. The molecule has 3 heteroatoms. The average Bonchev–Trinajstić information content (AvgIpc) is 2.29. The van der Waals surface area contributed by atoms with Crippen LogP contribution in [-0.2, 0) is 16.0 Å². The third-order valence-electron chi connectivity index (χ3n) is 2.91. The van der Waals surface area contributed by atoms with Crippen LogP contribution < -0.4 is 0 Å². The molecule has 2 atom stereocenters. The van der Waals surface area contributed by atoms with E-state index in [1.807, 2.05) is 12.1 Å². The van der Waals surface area contributed by atoms with Gasteiger partial charge in [0.05, 0.1) is 5.25 Å². The number of benzene rings is 1. The Kier molecular flexibility index (Phi) is 3.54. The predicted octanol–water partition coefficient (Wildman–Crippen LogP) is 2.93. The summed E-state index contributed by atoms with van der Waals surface area (Å²) in [7, 11) is 0. The van der Waals surface area contributed by atoms with Crippen molar-refractivity contribution in [2.75, 3.05) is 0 Å². The van der Waals surface area contributed by atoms with Crippen LogP contribution >= 0.6 is 12.6 Å². The fourth-order valence-electron chi connectivity index (χ4n) is 2.07. The molecule has 2 nitrogen and oxygen atoms in total. The second-order valence-corrected chi connectivity index (χ2v) is 4.97. The molecule has 1 aromatic carbocycles. The molecule has 0 heterocycles. The quantitative estimate of drug-likeness (QED) is 0.631. The number of aryl methyl sites for hydroxylation is 1. The van der Waals surface area contributed by atoms with Crippen molar-refractivity contribution in [2.24, 2.45) is 0 Å². The molecule has 2 unspecified atom stereocenters. The number of hydrogen-bond donors (Lipinski definition) is 1. The molecule has 0 amide bonds. The van der Waals surface area contributed by atoms with Crippen molar-refractivity contribution in [1.29, 1.82) is 0 Å². The Morgan fingerprint density at radius 1 is 1.50 bits per heavy atom. The molecule has 86 valence electrons. The van der Waals surface area contributed by atoms with Crippen LogP contribution in [0.1, 0.15) is 37.0 Å². The van der Waals surface area contributed by atoms with Crippen molar-refractivity contribution in [1.82, 2.24) is 0 Å². The molecule has 0 aliphatic heterocycles. The Labute approximate surface area is 101 Å². The molecule has 0 radical (unpaired) electrons. The van der Waals surface area contributed by atoms with Gasteiger partial charge in [-0.3, -0.25) is 4.79 Å². The Morgan fingerprint density at radius 3 is 3.00 bits per heavy atom. The van der Waals surface area contributed by atoms with E-state index in [-0.39, 0.29) is 17.3 Å². The lowest BCUT2D eigenvalue weighted by Gasteiger charge is -2.25. The highest BCUT2D eigenvalue weighted by atomic mass is 32.1. The number of esters is 1. The number of fused-ring (bicyclic) bond motifs is 1. The third kappa shape index (κ3) is 2.40. The number of hydrogen-bond acceptors (Lipinski definition) is 3. The maximum absolute atomic E-state index is 11.5. The van der Waals surface area contributed by atoms with Crippen LogP contribution in [-0.4, -0.2) is 11.2 Å². The Hall–Kier alpha value is -0.960. The van der Waals surface area contributed by atoms with Crippen molar-refractivity contribution in [3.63, 3.8) is 0 Å². The van der Waals surface area contributed by atoms with Gasteiger partial charge in [0.25, 0.3) is 0 Å². The SMILES string of the molecule is CC(S)C(=O)OC1CCCc2ccccc21. The molecule has 0 fully saturated rings. The van der Waals surface area contributed by atoms with Crippen molar-refractivity contribution < 1.29 is 9.53 Å². The van der Waals surface area contributed by atoms with Gasteiger partial charge in [0, 0.05) is 0 Å². The summed E-state index contributed by atoms with van der Waals surface area (Å²) >= 11 is 4.09. The minimum absolute atomic E-state index is 0.0768. The molecule has 0 spiro atoms. The first kappa shape index (κ1) is 11.5. The van der Waals surface area contributed by atoms with Crippen LogP contribution in [0, 0.1) is 0 Å². The fraction of sp³-hybridized carbons (Fsp3) is 0.462. The summed E-state index contributed by atoms with van der Waals surface area (Å²) in [6, 6.07) is 8.19. The van der Waals surface area contributed by atoms with Crippen molar-refractivity contribution in [2.45, 2.75) is 37.5 Å². The monoisotopic (exact) mass is 236 g/mol. The van der Waals surface area contributed by atoms with Crippen molar-refractivity contribution >= 4 is 18.6 Å². The first-order chi connectivity index (χ1) is 7.68. The van der Waals surface area contributed by atoms with Gasteiger partial charge in [-0.25, -0.2) is 0 Å². The Morgan fingerprint density at radius 2 is 2.25 bits per heavy atom. The maximum Gasteiger partial charge on any atom is 0.319 e. The van der Waals surface area contributed by atoms with Gasteiger partial charge >= 0.3 is 5.97 Å². The summed E-state index contributed by atoms with van der Waals surface area (Å²) in [5.74, 6) is -0.231. The number of carbonyl (C=O) groups is 1. The molecule has 0 saturated heterocycles. The van der Waals surface area contributed by atoms with Crippen LogP contribution in [0.25, 0.3) is 0 Å². The van der Waals surface area contributed by atoms with Crippen LogP contribution in [0.2, 0.25) is 0 Å². The van der Waals surface area contributed by atoms with Crippen molar-refractivity contribution in [3.8, 4) is 0 Å². The van der Waals surface area contributed by atoms with Gasteiger partial charge in [0.1, 0.15) is 6.10 Å². The van der Waals surface area contributed by atoms with E-state index in [2.05, 4.69) is 24.8 Å². The minimum atomic E-state index is -0.353. The first-order valence-electron chi connectivity index (χ1n) is 5.65. The highest BCUT2D eigenvalue weighted by Crippen LogP contribution is 2.32. The molecule has 2 rings (SSSR count). The Balaban J connectivity index is 2.16. The highest BCUT2D eigenvalue weighted by molar-refractivity contribution is 7.81. The van der Waals surface area contributed by atoms with Crippen LogP contribution in [0.5, 0.6) is 0 Å². The maximum atomic E-state index is 11.5. The average molecular weight is 236 g/mol. The van der Waals surface area contributed by atoms with E-state index in [1.165, 1.54) is 5.56 Å². The number of thiol groups is 1. The summed E-state index contributed by atoms with van der Waals surface area (Å²) in [5, 5.41) is -0.353. The zero-order valence-electron chi connectivity index (χ0n) is 9.35. The standard InChI is InChI=1S/C13H16O2S/c1-9(16)13(14)15-12-8-4-6-10-5-2-3-7-11(10)12/h2-3,5,7,9,12,16H,4,6,8H2,1H3. The predicted molar refractivity (Wildman–Crippen MR) is 66.7 cm³/mol. The van der Waals surface area contributed by atoms with E-state index in [4.69, 9.17) is 4.74 Å².